The maximum atomic E-state index is 12.0. The van der Waals surface area contributed by atoms with E-state index in [4.69, 9.17) is 0 Å². The number of unbranched alkanes of at least 4 members (excludes halogenated alkanes) is 2. The number of halogens is 3. The van der Waals surface area contributed by atoms with E-state index in [9.17, 15) is 21.6 Å². The quantitative estimate of drug-likeness (QED) is 0.686. The van der Waals surface area contributed by atoms with Crippen molar-refractivity contribution < 1.29 is 21.6 Å². The van der Waals surface area contributed by atoms with Crippen LogP contribution in [0.4, 0.5) is 13.2 Å². The summed E-state index contributed by atoms with van der Waals surface area (Å²) >= 11 is 0. The van der Waals surface area contributed by atoms with Crippen LogP contribution in [0.2, 0.25) is 0 Å². The number of hydrogen-bond donors (Lipinski definition) is 2. The van der Waals surface area contributed by atoms with Gasteiger partial charge in [0.15, 0.2) is 0 Å². The van der Waals surface area contributed by atoms with E-state index in [1.165, 1.54) is 0 Å². The molecule has 0 aliphatic rings. The summed E-state index contributed by atoms with van der Waals surface area (Å²) in [6.07, 6.45) is 1.81. The molecule has 1 aromatic carbocycles. The molecule has 0 saturated carbocycles. The van der Waals surface area contributed by atoms with Crippen LogP contribution in [0.5, 0.6) is 0 Å². The van der Waals surface area contributed by atoms with Crippen molar-refractivity contribution in [2.24, 2.45) is 0 Å². The zero-order chi connectivity index (χ0) is 15.8. The van der Waals surface area contributed by atoms with Crippen molar-refractivity contribution in [2.45, 2.75) is 31.3 Å². The third-order valence-electron chi connectivity index (χ3n) is 2.80. The van der Waals surface area contributed by atoms with Crippen molar-refractivity contribution in [2.75, 3.05) is 13.1 Å². The number of nitrogens with one attached hydrogen (secondary N) is 2. The molecule has 1 aromatic rings. The van der Waals surface area contributed by atoms with Gasteiger partial charge in [-0.2, -0.15) is 13.2 Å². The number of sulfonamides is 1. The number of alkyl halides is 3. The smallest absolute Gasteiger partial charge is 0.313 e. The molecule has 0 saturated heterocycles. The van der Waals surface area contributed by atoms with Gasteiger partial charge >= 0.3 is 15.5 Å². The molecule has 0 unspecified atom stereocenters. The van der Waals surface area contributed by atoms with Gasteiger partial charge in [-0.15, -0.1) is 0 Å². The molecule has 0 fully saturated rings. The average molecular weight is 324 g/mol. The lowest BCUT2D eigenvalue weighted by Gasteiger charge is -2.09. The Kier molecular flexibility index (Phi) is 7.13. The molecule has 0 amide bonds. The summed E-state index contributed by atoms with van der Waals surface area (Å²) in [5, 5.41) is 3.21. The molecule has 0 radical (unpaired) electrons. The summed E-state index contributed by atoms with van der Waals surface area (Å²) in [5.41, 5.74) is -4.07. The Balaban J connectivity index is 2.03. The highest BCUT2D eigenvalue weighted by molar-refractivity contribution is 7.90. The highest BCUT2D eigenvalue weighted by atomic mass is 32.2. The van der Waals surface area contributed by atoms with Gasteiger partial charge in [0, 0.05) is 13.1 Å². The molecule has 0 aliphatic heterocycles. The largest absolute Gasteiger partial charge is 0.511 e. The molecule has 0 aliphatic carbocycles. The van der Waals surface area contributed by atoms with Crippen molar-refractivity contribution in [3.8, 4) is 0 Å². The summed E-state index contributed by atoms with van der Waals surface area (Å²) in [5.74, 6) is 0. The van der Waals surface area contributed by atoms with Crippen LogP contribution in [0.25, 0.3) is 0 Å². The Morgan fingerprint density at radius 2 is 1.57 bits per heavy atom. The standard InChI is InChI=1S/C13H19F3N2O2S/c14-13(15,16)21(19,20)18-10-6-2-5-9-17-11-12-7-3-1-4-8-12/h1,3-4,7-8,17-18H,2,5-6,9-11H2. The van der Waals surface area contributed by atoms with Gasteiger partial charge < -0.3 is 5.32 Å². The van der Waals surface area contributed by atoms with Crippen LogP contribution in [-0.2, 0) is 16.6 Å². The lowest BCUT2D eigenvalue weighted by Crippen LogP contribution is -2.36. The molecule has 0 bridgehead atoms. The zero-order valence-corrected chi connectivity index (χ0v) is 12.3. The van der Waals surface area contributed by atoms with E-state index in [0.717, 1.165) is 25.1 Å². The highest BCUT2D eigenvalue weighted by Crippen LogP contribution is 2.21. The van der Waals surface area contributed by atoms with E-state index in [1.54, 1.807) is 4.72 Å². The Labute approximate surface area is 122 Å². The van der Waals surface area contributed by atoms with Gasteiger partial charge in [-0.3, -0.25) is 0 Å². The fourth-order valence-corrected chi connectivity index (χ4v) is 2.25. The second kappa shape index (κ2) is 8.35. The summed E-state index contributed by atoms with van der Waals surface area (Å²) in [6.45, 7) is 1.28. The maximum Gasteiger partial charge on any atom is 0.511 e. The molecule has 0 spiro atoms. The molecule has 1 rings (SSSR count). The third-order valence-corrected chi connectivity index (χ3v) is 3.99. The SMILES string of the molecule is O=S(=O)(NCCCCCNCc1ccccc1)C(F)(F)F. The Hall–Kier alpha value is -1.12. The molecular formula is C13H19F3N2O2S. The summed E-state index contributed by atoms with van der Waals surface area (Å²) in [6, 6.07) is 9.83. The van der Waals surface area contributed by atoms with E-state index in [1.807, 2.05) is 30.3 Å². The number of hydrogen-bond acceptors (Lipinski definition) is 3. The molecule has 0 atom stereocenters. The highest BCUT2D eigenvalue weighted by Gasteiger charge is 2.45. The van der Waals surface area contributed by atoms with E-state index in [0.29, 0.717) is 12.8 Å². The van der Waals surface area contributed by atoms with Gasteiger partial charge in [0.25, 0.3) is 0 Å². The first-order valence-corrected chi connectivity index (χ1v) is 8.12. The van der Waals surface area contributed by atoms with E-state index in [2.05, 4.69) is 5.32 Å². The minimum Gasteiger partial charge on any atom is -0.313 e. The fourth-order valence-electron chi connectivity index (χ4n) is 1.67. The van der Waals surface area contributed by atoms with E-state index >= 15 is 0 Å². The van der Waals surface area contributed by atoms with Crippen molar-refractivity contribution >= 4 is 10.0 Å². The predicted molar refractivity (Wildman–Crippen MR) is 75.0 cm³/mol. The minimum atomic E-state index is -5.23. The number of benzene rings is 1. The first kappa shape index (κ1) is 17.9. The fraction of sp³-hybridized carbons (Fsp3) is 0.538. The van der Waals surface area contributed by atoms with Crippen molar-refractivity contribution in [1.82, 2.24) is 10.0 Å². The third kappa shape index (κ3) is 6.92. The zero-order valence-electron chi connectivity index (χ0n) is 11.5. The van der Waals surface area contributed by atoms with Crippen LogP contribution >= 0.6 is 0 Å². The van der Waals surface area contributed by atoms with Gasteiger partial charge in [0.05, 0.1) is 0 Å². The second-order valence-corrected chi connectivity index (χ2v) is 6.33. The first-order chi connectivity index (χ1) is 9.83. The topological polar surface area (TPSA) is 58.2 Å². The van der Waals surface area contributed by atoms with Crippen LogP contribution < -0.4 is 10.0 Å². The van der Waals surface area contributed by atoms with Gasteiger partial charge in [0.2, 0.25) is 0 Å². The maximum absolute atomic E-state index is 12.0. The van der Waals surface area contributed by atoms with Crippen LogP contribution in [-0.4, -0.2) is 27.0 Å². The summed E-state index contributed by atoms with van der Waals surface area (Å²) in [4.78, 5) is 0. The average Bonchev–Trinajstić information content (AvgIpc) is 2.41. The number of rotatable bonds is 9. The molecule has 21 heavy (non-hydrogen) atoms. The van der Waals surface area contributed by atoms with Crippen LogP contribution in [0.1, 0.15) is 24.8 Å². The lowest BCUT2D eigenvalue weighted by atomic mass is 10.2. The Bertz CT molecular complexity index is 504. The minimum absolute atomic E-state index is 0.194. The van der Waals surface area contributed by atoms with E-state index in [-0.39, 0.29) is 6.54 Å². The van der Waals surface area contributed by atoms with Gasteiger partial charge in [0.1, 0.15) is 0 Å². The lowest BCUT2D eigenvalue weighted by molar-refractivity contribution is -0.0447. The molecular weight excluding hydrogens is 305 g/mol. The first-order valence-electron chi connectivity index (χ1n) is 6.63. The van der Waals surface area contributed by atoms with Crippen LogP contribution in [0, 0.1) is 0 Å². The van der Waals surface area contributed by atoms with Crippen molar-refractivity contribution in [3.63, 3.8) is 0 Å². The molecule has 0 aromatic heterocycles. The Morgan fingerprint density at radius 1 is 0.952 bits per heavy atom. The monoisotopic (exact) mass is 324 g/mol. The van der Waals surface area contributed by atoms with Crippen LogP contribution in [0.3, 0.4) is 0 Å². The molecule has 4 nitrogen and oxygen atoms in total. The second-order valence-electron chi connectivity index (χ2n) is 4.57. The summed E-state index contributed by atoms with van der Waals surface area (Å²) in [7, 11) is -5.20. The van der Waals surface area contributed by atoms with Crippen molar-refractivity contribution in [3.05, 3.63) is 35.9 Å². The molecule has 120 valence electrons. The summed E-state index contributed by atoms with van der Waals surface area (Å²) < 4.78 is 59.0. The molecule has 2 N–H and O–H groups in total. The van der Waals surface area contributed by atoms with Gasteiger partial charge in [-0.05, 0) is 24.9 Å². The van der Waals surface area contributed by atoms with Crippen LogP contribution in [0.15, 0.2) is 30.3 Å². The van der Waals surface area contributed by atoms with Gasteiger partial charge in [-0.25, -0.2) is 13.1 Å². The predicted octanol–water partition coefficient (Wildman–Crippen LogP) is 2.39. The van der Waals surface area contributed by atoms with E-state index < -0.39 is 15.5 Å². The normalized spacial score (nSPS) is 12.5. The van der Waals surface area contributed by atoms with Crippen molar-refractivity contribution in [1.29, 1.82) is 0 Å². The molecule has 8 heteroatoms. The van der Waals surface area contributed by atoms with Gasteiger partial charge in [-0.1, -0.05) is 36.8 Å². The Morgan fingerprint density at radius 3 is 2.19 bits per heavy atom. The molecule has 0 heterocycles.